The number of amides is 2. The number of halogens is 3. The van der Waals surface area contributed by atoms with Crippen LogP contribution in [0.3, 0.4) is 0 Å². The summed E-state index contributed by atoms with van der Waals surface area (Å²) in [6.45, 7) is 8.04. The van der Waals surface area contributed by atoms with E-state index in [0.717, 1.165) is 6.26 Å². The van der Waals surface area contributed by atoms with Crippen molar-refractivity contribution < 1.29 is 18.0 Å². The maximum Gasteiger partial charge on any atom is 0.242 e. The van der Waals surface area contributed by atoms with Crippen LogP contribution in [0.25, 0.3) is 0 Å². The summed E-state index contributed by atoms with van der Waals surface area (Å²) in [5.41, 5.74) is 1.75. The molecule has 2 rings (SSSR count). The highest BCUT2D eigenvalue weighted by molar-refractivity contribution is 7.92. The van der Waals surface area contributed by atoms with Crippen LogP contribution >= 0.6 is 34.8 Å². The summed E-state index contributed by atoms with van der Waals surface area (Å²) in [6.07, 6.45) is 1.38. The number of nitrogens with zero attached hydrogens (tertiary/aromatic N) is 2. The molecular weight excluding hydrogens is 557 g/mol. The van der Waals surface area contributed by atoms with Crippen LogP contribution in [-0.4, -0.2) is 50.5 Å². The van der Waals surface area contributed by atoms with E-state index < -0.39 is 16.1 Å². The number of sulfonamides is 1. The molecule has 1 N–H and O–H groups in total. The molecule has 0 aliphatic rings. The van der Waals surface area contributed by atoms with Crippen molar-refractivity contribution in [3.63, 3.8) is 0 Å². The van der Waals surface area contributed by atoms with Crippen molar-refractivity contribution in [2.24, 2.45) is 5.92 Å². The van der Waals surface area contributed by atoms with E-state index in [4.69, 9.17) is 34.8 Å². The summed E-state index contributed by atoms with van der Waals surface area (Å²) in [5, 5.41) is 4.17. The van der Waals surface area contributed by atoms with Crippen molar-refractivity contribution in [2.75, 3.05) is 23.7 Å². The largest absolute Gasteiger partial charge is 0.354 e. The second-order valence-corrected chi connectivity index (χ2v) is 12.6. The minimum absolute atomic E-state index is 0.0264. The van der Waals surface area contributed by atoms with Gasteiger partial charge in [0, 0.05) is 41.1 Å². The lowest BCUT2D eigenvalue weighted by Crippen LogP contribution is -2.48. The number of nitrogens with one attached hydrogen (secondary N) is 1. The maximum absolute atomic E-state index is 13.4. The fourth-order valence-electron chi connectivity index (χ4n) is 3.72. The average Bonchev–Trinajstić information content (AvgIpc) is 2.80. The van der Waals surface area contributed by atoms with Crippen molar-refractivity contribution >= 4 is 62.3 Å². The third-order valence-electron chi connectivity index (χ3n) is 5.87. The summed E-state index contributed by atoms with van der Waals surface area (Å²) in [4.78, 5) is 27.7. The summed E-state index contributed by atoms with van der Waals surface area (Å²) in [6, 6.07) is 9.27. The molecule has 0 bridgehead atoms. The third-order valence-corrected chi connectivity index (χ3v) is 8.04. The predicted molar refractivity (Wildman–Crippen MR) is 152 cm³/mol. The molecule has 2 aromatic carbocycles. The third kappa shape index (κ3) is 9.06. The Labute approximate surface area is 235 Å². The smallest absolute Gasteiger partial charge is 0.242 e. The van der Waals surface area contributed by atoms with Crippen LogP contribution in [0.4, 0.5) is 5.69 Å². The van der Waals surface area contributed by atoms with Gasteiger partial charge in [-0.15, -0.1) is 0 Å². The molecule has 11 heteroatoms. The highest BCUT2D eigenvalue weighted by Crippen LogP contribution is 2.29. The zero-order valence-electron chi connectivity index (χ0n) is 21.7. The topological polar surface area (TPSA) is 86.8 Å². The lowest BCUT2D eigenvalue weighted by Gasteiger charge is -2.30. The molecule has 0 spiro atoms. The molecule has 0 aromatic heterocycles. The Morgan fingerprint density at radius 1 is 1.03 bits per heavy atom. The van der Waals surface area contributed by atoms with Gasteiger partial charge in [-0.05, 0) is 61.6 Å². The van der Waals surface area contributed by atoms with E-state index in [9.17, 15) is 18.0 Å². The van der Waals surface area contributed by atoms with Crippen molar-refractivity contribution in [1.29, 1.82) is 0 Å². The van der Waals surface area contributed by atoms with Crippen molar-refractivity contribution in [1.82, 2.24) is 10.2 Å². The van der Waals surface area contributed by atoms with Gasteiger partial charge in [0.05, 0.1) is 11.9 Å². The maximum atomic E-state index is 13.4. The van der Waals surface area contributed by atoms with E-state index in [-0.39, 0.29) is 43.7 Å². The normalized spacial score (nSPS) is 12.4. The van der Waals surface area contributed by atoms with Crippen LogP contribution in [-0.2, 0) is 26.2 Å². The highest BCUT2D eigenvalue weighted by atomic mass is 35.5. The number of hydrogen-bond acceptors (Lipinski definition) is 4. The lowest BCUT2D eigenvalue weighted by molar-refractivity contribution is -0.140. The molecule has 1 unspecified atom stereocenters. The van der Waals surface area contributed by atoms with Gasteiger partial charge in [-0.3, -0.25) is 13.9 Å². The standard InChI is InChI=1S/C26H34Cl3N3O4S/c1-17(2)15-30-26(34)19(4)31(16-20-11-12-21(27)14-23(20)29)25(33)10-7-13-32(37(5,35)36)24-9-6-8-22(28)18(24)3/h6,8-9,11-12,14,17,19H,7,10,13,15-16H2,1-5H3,(H,30,34). The van der Waals surface area contributed by atoms with Crippen LogP contribution < -0.4 is 9.62 Å². The number of benzene rings is 2. The minimum atomic E-state index is -3.62. The van der Waals surface area contributed by atoms with Gasteiger partial charge in [0.1, 0.15) is 6.04 Å². The monoisotopic (exact) mass is 589 g/mol. The Balaban J connectivity index is 2.23. The Hall–Kier alpha value is -2.00. The number of rotatable bonds is 12. The molecule has 7 nitrogen and oxygen atoms in total. The lowest BCUT2D eigenvalue weighted by atomic mass is 10.1. The first-order valence-corrected chi connectivity index (χ1v) is 14.9. The van der Waals surface area contributed by atoms with E-state index in [1.54, 1.807) is 50.2 Å². The summed E-state index contributed by atoms with van der Waals surface area (Å²) < 4.78 is 26.3. The molecule has 0 saturated heterocycles. The van der Waals surface area contributed by atoms with E-state index >= 15 is 0 Å². The molecular formula is C26H34Cl3N3O4S. The van der Waals surface area contributed by atoms with Crippen molar-refractivity contribution in [3.8, 4) is 0 Å². The van der Waals surface area contributed by atoms with Gasteiger partial charge in [-0.2, -0.15) is 0 Å². The van der Waals surface area contributed by atoms with Crippen molar-refractivity contribution in [3.05, 3.63) is 62.6 Å². The van der Waals surface area contributed by atoms with Gasteiger partial charge in [0.2, 0.25) is 21.8 Å². The fourth-order valence-corrected chi connectivity index (χ4v) is 5.37. The van der Waals surface area contributed by atoms with E-state index in [0.29, 0.717) is 38.4 Å². The molecule has 0 aliphatic heterocycles. The quantitative estimate of drug-likeness (QED) is 0.344. The predicted octanol–water partition coefficient (Wildman–Crippen LogP) is 5.69. The van der Waals surface area contributed by atoms with Crippen LogP contribution in [0.1, 0.15) is 44.7 Å². The molecule has 0 radical (unpaired) electrons. The second kappa shape index (κ2) is 13.7. The molecule has 0 saturated carbocycles. The molecule has 1 atom stereocenters. The van der Waals surface area contributed by atoms with Crippen LogP contribution in [0.5, 0.6) is 0 Å². The summed E-state index contributed by atoms with van der Waals surface area (Å²) in [5.74, 6) is -0.322. The summed E-state index contributed by atoms with van der Waals surface area (Å²) in [7, 11) is -3.62. The molecule has 2 aromatic rings. The van der Waals surface area contributed by atoms with Crippen LogP contribution in [0.2, 0.25) is 15.1 Å². The molecule has 2 amide bonds. The Morgan fingerprint density at radius 2 is 1.70 bits per heavy atom. The van der Waals surface area contributed by atoms with E-state index in [1.165, 1.54) is 9.21 Å². The fraction of sp³-hybridized carbons (Fsp3) is 0.462. The number of carbonyl (C=O) groups is 2. The average molecular weight is 591 g/mol. The zero-order chi connectivity index (χ0) is 27.9. The minimum Gasteiger partial charge on any atom is -0.354 e. The van der Waals surface area contributed by atoms with Gasteiger partial charge < -0.3 is 10.2 Å². The number of hydrogen-bond donors (Lipinski definition) is 1. The van der Waals surface area contributed by atoms with Gasteiger partial charge in [-0.25, -0.2) is 8.42 Å². The van der Waals surface area contributed by atoms with Crippen LogP contribution in [0, 0.1) is 12.8 Å². The van der Waals surface area contributed by atoms with Gasteiger partial charge in [-0.1, -0.05) is 60.8 Å². The first kappa shape index (κ1) is 31.2. The van der Waals surface area contributed by atoms with Gasteiger partial charge in [0.25, 0.3) is 0 Å². The highest BCUT2D eigenvalue weighted by Gasteiger charge is 2.27. The first-order chi connectivity index (χ1) is 17.2. The van der Waals surface area contributed by atoms with Crippen molar-refractivity contribution in [2.45, 2.75) is 53.1 Å². The SMILES string of the molecule is Cc1c(Cl)cccc1N(CCCC(=O)N(Cc1ccc(Cl)cc1Cl)C(C)C(=O)NCC(C)C)S(C)(=O)=O. The zero-order valence-corrected chi connectivity index (χ0v) is 24.8. The van der Waals surface area contributed by atoms with E-state index in [2.05, 4.69) is 5.32 Å². The van der Waals surface area contributed by atoms with Gasteiger partial charge >= 0.3 is 0 Å². The molecule has 0 heterocycles. The number of anilines is 1. The van der Waals surface area contributed by atoms with Crippen LogP contribution in [0.15, 0.2) is 36.4 Å². The molecule has 0 aliphatic carbocycles. The Bertz CT molecular complexity index is 1220. The molecule has 0 fully saturated rings. The second-order valence-electron chi connectivity index (χ2n) is 9.39. The Kier molecular flexibility index (Phi) is 11.6. The number of carbonyl (C=O) groups excluding carboxylic acids is 2. The summed E-state index contributed by atoms with van der Waals surface area (Å²) >= 11 is 18.6. The van der Waals surface area contributed by atoms with E-state index in [1.807, 2.05) is 13.8 Å². The molecule has 37 heavy (non-hydrogen) atoms. The molecule has 204 valence electrons. The van der Waals surface area contributed by atoms with Gasteiger partial charge in [0.15, 0.2) is 0 Å². The Morgan fingerprint density at radius 3 is 2.30 bits per heavy atom. The first-order valence-electron chi connectivity index (χ1n) is 12.0.